The summed E-state index contributed by atoms with van der Waals surface area (Å²) in [6.45, 7) is 1.17. The fourth-order valence-electron chi connectivity index (χ4n) is 1.54. The maximum atomic E-state index is 11.7. The van der Waals surface area contributed by atoms with Crippen molar-refractivity contribution in [3.63, 3.8) is 0 Å². The molecule has 17 heavy (non-hydrogen) atoms. The van der Waals surface area contributed by atoms with Gasteiger partial charge in [0.25, 0.3) is 0 Å². The summed E-state index contributed by atoms with van der Waals surface area (Å²) in [5.41, 5.74) is 0. The van der Waals surface area contributed by atoms with Crippen molar-refractivity contribution in [2.24, 2.45) is 0 Å². The third-order valence-electron chi connectivity index (χ3n) is 2.29. The fourth-order valence-corrected chi connectivity index (χ4v) is 2.09. The second-order valence-corrected chi connectivity index (χ2v) is 4.57. The number of amides is 1. The van der Waals surface area contributed by atoms with Gasteiger partial charge in [0.2, 0.25) is 5.91 Å². The van der Waals surface area contributed by atoms with Gasteiger partial charge >= 0.3 is 5.97 Å². The first-order chi connectivity index (χ1) is 8.13. The summed E-state index contributed by atoms with van der Waals surface area (Å²) in [6, 6.07) is 1.95. The molecule has 0 aromatic rings. The summed E-state index contributed by atoms with van der Waals surface area (Å²) < 4.78 is 5.26. The van der Waals surface area contributed by atoms with E-state index in [0.29, 0.717) is 19.7 Å². The summed E-state index contributed by atoms with van der Waals surface area (Å²) in [5, 5.41) is 17.0. The van der Waals surface area contributed by atoms with Gasteiger partial charge in [-0.3, -0.25) is 9.59 Å². The third kappa shape index (κ3) is 5.06. The Labute approximate surface area is 104 Å². The van der Waals surface area contributed by atoms with Crippen LogP contribution in [0.25, 0.3) is 0 Å². The number of ether oxygens (including phenoxy) is 1. The number of nitrogens with zero attached hydrogens (tertiary/aromatic N) is 2. The first-order valence-electron chi connectivity index (χ1n) is 5.19. The van der Waals surface area contributed by atoms with Crippen LogP contribution < -0.4 is 0 Å². The van der Waals surface area contributed by atoms with E-state index >= 15 is 0 Å². The number of hydrogen-bond acceptors (Lipinski definition) is 5. The van der Waals surface area contributed by atoms with Gasteiger partial charge < -0.3 is 14.7 Å². The Morgan fingerprint density at radius 3 is 3.00 bits per heavy atom. The van der Waals surface area contributed by atoms with Crippen LogP contribution in [0, 0.1) is 11.3 Å². The number of carbonyl (C=O) groups excluding carboxylic acids is 1. The Hall–Kier alpha value is -1.26. The maximum Gasteiger partial charge on any atom is 0.306 e. The lowest BCUT2D eigenvalue weighted by Crippen LogP contribution is -2.47. The summed E-state index contributed by atoms with van der Waals surface area (Å²) >= 11 is 1.26. The summed E-state index contributed by atoms with van der Waals surface area (Å²) in [4.78, 5) is 23.8. The predicted molar refractivity (Wildman–Crippen MR) is 61.5 cm³/mol. The topological polar surface area (TPSA) is 90.6 Å². The van der Waals surface area contributed by atoms with Crippen LogP contribution in [-0.4, -0.2) is 59.2 Å². The van der Waals surface area contributed by atoms with Gasteiger partial charge in [0, 0.05) is 13.1 Å². The fraction of sp³-hybridized carbons (Fsp3) is 0.700. The number of morpholine rings is 1. The highest BCUT2D eigenvalue weighted by molar-refractivity contribution is 8.00. The van der Waals surface area contributed by atoms with Gasteiger partial charge in [-0.2, -0.15) is 5.26 Å². The minimum Gasteiger partial charge on any atom is -0.481 e. The molecule has 1 aliphatic rings. The quantitative estimate of drug-likeness (QED) is 0.695. The van der Waals surface area contributed by atoms with Gasteiger partial charge in [0.15, 0.2) is 0 Å². The predicted octanol–water partition coefficient (Wildman–Crippen LogP) is -0.0547. The van der Waals surface area contributed by atoms with Crippen molar-refractivity contribution in [1.82, 2.24) is 4.90 Å². The molecule has 1 N–H and O–H groups in total. The second kappa shape index (κ2) is 7.14. The average Bonchev–Trinajstić information content (AvgIpc) is 2.28. The van der Waals surface area contributed by atoms with E-state index in [4.69, 9.17) is 15.1 Å². The van der Waals surface area contributed by atoms with E-state index in [0.717, 1.165) is 0 Å². The van der Waals surface area contributed by atoms with Gasteiger partial charge in [0.1, 0.15) is 0 Å². The van der Waals surface area contributed by atoms with Gasteiger partial charge in [-0.15, -0.1) is 11.8 Å². The number of carboxylic acid groups (broad SMARTS) is 1. The number of aliphatic carboxylic acids is 1. The van der Waals surface area contributed by atoms with Crippen LogP contribution in [0.4, 0.5) is 0 Å². The van der Waals surface area contributed by atoms with E-state index in [1.165, 1.54) is 11.8 Å². The minimum atomic E-state index is -0.928. The molecule has 1 amide bonds. The second-order valence-electron chi connectivity index (χ2n) is 3.58. The van der Waals surface area contributed by atoms with Crippen molar-refractivity contribution in [3.05, 3.63) is 0 Å². The molecule has 1 atom stereocenters. The zero-order valence-corrected chi connectivity index (χ0v) is 10.1. The molecule has 7 heteroatoms. The highest BCUT2D eigenvalue weighted by Crippen LogP contribution is 2.11. The van der Waals surface area contributed by atoms with E-state index in [1.807, 2.05) is 6.07 Å². The van der Waals surface area contributed by atoms with E-state index in [1.54, 1.807) is 4.90 Å². The van der Waals surface area contributed by atoms with Crippen LogP contribution in [0.3, 0.4) is 0 Å². The molecule has 0 aromatic carbocycles. The van der Waals surface area contributed by atoms with Crippen molar-refractivity contribution in [2.45, 2.75) is 12.5 Å². The lowest BCUT2D eigenvalue weighted by atomic mass is 10.2. The Morgan fingerprint density at radius 2 is 2.35 bits per heavy atom. The molecule has 0 aromatic heterocycles. The molecule has 0 aliphatic carbocycles. The minimum absolute atomic E-state index is 0.0658. The van der Waals surface area contributed by atoms with Crippen molar-refractivity contribution in [1.29, 1.82) is 5.26 Å². The molecule has 1 heterocycles. The van der Waals surface area contributed by atoms with Gasteiger partial charge in [0.05, 0.1) is 36.7 Å². The van der Waals surface area contributed by atoms with Gasteiger partial charge in [-0.1, -0.05) is 0 Å². The summed E-state index contributed by atoms with van der Waals surface area (Å²) in [5.74, 6) is -0.450. The first kappa shape index (κ1) is 13.8. The first-order valence-corrected chi connectivity index (χ1v) is 6.35. The zero-order chi connectivity index (χ0) is 12.7. The molecule has 0 radical (unpaired) electrons. The molecule has 1 fully saturated rings. The van der Waals surface area contributed by atoms with E-state index in [2.05, 4.69) is 0 Å². The van der Waals surface area contributed by atoms with Gasteiger partial charge in [-0.25, -0.2) is 0 Å². The number of rotatable bonds is 5. The molecule has 1 rings (SSSR count). The highest BCUT2D eigenvalue weighted by atomic mass is 32.2. The number of nitriles is 1. The smallest absolute Gasteiger partial charge is 0.306 e. The molecule has 1 aliphatic heterocycles. The van der Waals surface area contributed by atoms with Crippen LogP contribution in [0.5, 0.6) is 0 Å². The van der Waals surface area contributed by atoms with Crippen molar-refractivity contribution >= 4 is 23.6 Å². The lowest BCUT2D eigenvalue weighted by Gasteiger charge is -2.32. The molecular weight excluding hydrogens is 244 g/mol. The molecule has 94 valence electrons. The van der Waals surface area contributed by atoms with Gasteiger partial charge in [-0.05, 0) is 0 Å². The molecule has 1 saturated heterocycles. The maximum absolute atomic E-state index is 11.7. The molecule has 0 bridgehead atoms. The molecule has 1 unspecified atom stereocenters. The van der Waals surface area contributed by atoms with Crippen LogP contribution in [0.1, 0.15) is 6.42 Å². The van der Waals surface area contributed by atoms with Crippen LogP contribution in [-0.2, 0) is 14.3 Å². The molecule has 0 spiro atoms. The average molecular weight is 258 g/mol. The Balaban J connectivity index is 2.35. The largest absolute Gasteiger partial charge is 0.481 e. The summed E-state index contributed by atoms with van der Waals surface area (Å²) in [6.07, 6.45) is -0.513. The van der Waals surface area contributed by atoms with Crippen molar-refractivity contribution in [3.8, 4) is 6.07 Å². The number of carboxylic acids is 1. The monoisotopic (exact) mass is 258 g/mol. The summed E-state index contributed by atoms with van der Waals surface area (Å²) in [7, 11) is 0. The Bertz CT molecular complexity index is 329. The highest BCUT2D eigenvalue weighted by Gasteiger charge is 2.25. The van der Waals surface area contributed by atoms with Crippen LogP contribution in [0.15, 0.2) is 0 Å². The number of hydrogen-bond donors (Lipinski definition) is 1. The number of carbonyl (C=O) groups is 2. The van der Waals surface area contributed by atoms with Crippen LogP contribution >= 0.6 is 11.8 Å². The zero-order valence-electron chi connectivity index (χ0n) is 9.29. The standard InChI is InChI=1S/C10H14N2O4S/c11-1-4-17-7-9(13)12-2-3-16-8(6-12)5-10(14)15/h8H,2-7H2,(H,14,15). The van der Waals surface area contributed by atoms with E-state index < -0.39 is 12.1 Å². The molecule has 0 saturated carbocycles. The molecular formula is C10H14N2O4S. The van der Waals surface area contributed by atoms with Crippen LogP contribution in [0.2, 0.25) is 0 Å². The van der Waals surface area contributed by atoms with Crippen molar-refractivity contribution < 1.29 is 19.4 Å². The van der Waals surface area contributed by atoms with E-state index in [9.17, 15) is 9.59 Å². The SMILES string of the molecule is N#CCSCC(=O)N1CCOC(CC(=O)O)C1. The van der Waals surface area contributed by atoms with Crippen molar-refractivity contribution in [2.75, 3.05) is 31.2 Å². The molecule has 6 nitrogen and oxygen atoms in total. The Morgan fingerprint density at radius 1 is 1.59 bits per heavy atom. The third-order valence-corrected chi connectivity index (χ3v) is 3.07. The number of thioether (sulfide) groups is 1. The lowest BCUT2D eigenvalue weighted by molar-refractivity contribution is -0.146. The van der Waals surface area contributed by atoms with E-state index in [-0.39, 0.29) is 23.8 Å². The Kier molecular flexibility index (Phi) is 5.80. The normalized spacial score (nSPS) is 19.7.